The van der Waals surface area contributed by atoms with Crippen molar-refractivity contribution < 1.29 is 4.74 Å². The molecule has 3 heteroatoms. The first-order chi connectivity index (χ1) is 10.2. The molecule has 1 aromatic rings. The first-order valence-corrected chi connectivity index (χ1v) is 8.47. The molecule has 1 atom stereocenters. The summed E-state index contributed by atoms with van der Waals surface area (Å²) in [6, 6.07) is 4.88. The fourth-order valence-corrected chi connectivity index (χ4v) is 3.10. The van der Waals surface area contributed by atoms with Gasteiger partial charge in [0.05, 0.1) is 6.10 Å². The summed E-state index contributed by atoms with van der Waals surface area (Å²) < 4.78 is 5.67. The second-order valence-electron chi connectivity index (χ2n) is 6.33. The Labute approximate surface area is 129 Å². The number of hydrogen-bond acceptors (Lipinski definition) is 3. The van der Waals surface area contributed by atoms with Crippen LogP contribution >= 0.6 is 0 Å². The molecule has 1 fully saturated rings. The summed E-state index contributed by atoms with van der Waals surface area (Å²) in [6.45, 7) is 8.34. The third kappa shape index (κ3) is 5.40. The fourth-order valence-electron chi connectivity index (χ4n) is 3.10. The van der Waals surface area contributed by atoms with E-state index in [-0.39, 0.29) is 0 Å². The number of nitrogens with one attached hydrogen (secondary N) is 1. The predicted octanol–water partition coefficient (Wildman–Crippen LogP) is 3.51. The molecule has 1 aromatic heterocycles. The van der Waals surface area contributed by atoms with Gasteiger partial charge in [-0.25, -0.2) is 0 Å². The average Bonchev–Trinajstić information content (AvgIpc) is 2.44. The van der Waals surface area contributed by atoms with Gasteiger partial charge in [-0.1, -0.05) is 13.0 Å². The number of nitrogens with zero attached hydrogens (tertiary/aromatic N) is 1. The highest BCUT2D eigenvalue weighted by Crippen LogP contribution is 2.34. The van der Waals surface area contributed by atoms with Crippen molar-refractivity contribution in [2.45, 2.75) is 65.0 Å². The quantitative estimate of drug-likeness (QED) is 0.756. The number of hydrogen-bond donors (Lipinski definition) is 1. The molecule has 0 amide bonds. The van der Waals surface area contributed by atoms with Crippen molar-refractivity contribution in [1.82, 2.24) is 10.3 Å². The van der Waals surface area contributed by atoms with E-state index in [0.29, 0.717) is 12.1 Å². The van der Waals surface area contributed by atoms with Crippen LogP contribution in [-0.4, -0.2) is 30.3 Å². The first-order valence-electron chi connectivity index (χ1n) is 8.47. The lowest BCUT2D eigenvalue weighted by Crippen LogP contribution is -2.39. The molecule has 0 bridgehead atoms. The Bertz CT molecular complexity index is 398. The smallest absolute Gasteiger partial charge is 0.0580 e. The largest absolute Gasteiger partial charge is 0.378 e. The van der Waals surface area contributed by atoms with Gasteiger partial charge in [0.1, 0.15) is 0 Å². The summed E-state index contributed by atoms with van der Waals surface area (Å²) in [4.78, 5) is 4.56. The zero-order valence-electron chi connectivity index (χ0n) is 13.8. The van der Waals surface area contributed by atoms with Gasteiger partial charge in [0.15, 0.2) is 0 Å². The first kappa shape index (κ1) is 16.4. The lowest BCUT2D eigenvalue weighted by molar-refractivity contribution is -0.0290. The maximum absolute atomic E-state index is 5.67. The molecule has 1 aliphatic rings. The molecule has 0 saturated heterocycles. The van der Waals surface area contributed by atoms with E-state index in [9.17, 15) is 0 Å². The van der Waals surface area contributed by atoms with E-state index in [1.165, 1.54) is 36.9 Å². The number of ether oxygens (including phenoxy) is 1. The minimum Gasteiger partial charge on any atom is -0.378 e. The van der Waals surface area contributed by atoms with Gasteiger partial charge in [-0.3, -0.25) is 4.98 Å². The zero-order chi connectivity index (χ0) is 15.1. The van der Waals surface area contributed by atoms with Crippen molar-refractivity contribution in [3.05, 3.63) is 29.6 Å². The van der Waals surface area contributed by atoms with Crippen LogP contribution in [0.5, 0.6) is 0 Å². The highest BCUT2D eigenvalue weighted by Gasteiger charge is 2.31. The van der Waals surface area contributed by atoms with E-state index < -0.39 is 0 Å². The van der Waals surface area contributed by atoms with Crippen LogP contribution < -0.4 is 5.32 Å². The Morgan fingerprint density at radius 3 is 2.76 bits per heavy atom. The molecule has 21 heavy (non-hydrogen) atoms. The second kappa shape index (κ2) is 8.50. The summed E-state index contributed by atoms with van der Waals surface area (Å²) in [6.07, 6.45) is 8.43. The third-order valence-corrected chi connectivity index (χ3v) is 4.32. The van der Waals surface area contributed by atoms with E-state index in [4.69, 9.17) is 4.74 Å². The van der Waals surface area contributed by atoms with E-state index in [1.54, 1.807) is 0 Å². The summed E-state index contributed by atoms with van der Waals surface area (Å²) in [5.41, 5.74) is 2.44. The number of aromatic nitrogens is 1. The molecule has 0 aliphatic heterocycles. The molecule has 1 saturated carbocycles. The van der Waals surface area contributed by atoms with Gasteiger partial charge >= 0.3 is 0 Å². The summed E-state index contributed by atoms with van der Waals surface area (Å²) >= 11 is 0. The molecular formula is C18H30N2O. The topological polar surface area (TPSA) is 34.2 Å². The maximum atomic E-state index is 5.67. The van der Waals surface area contributed by atoms with Gasteiger partial charge in [0.2, 0.25) is 0 Å². The van der Waals surface area contributed by atoms with Crippen LogP contribution in [0.25, 0.3) is 0 Å². The summed E-state index contributed by atoms with van der Waals surface area (Å²) in [5, 5.41) is 3.70. The van der Waals surface area contributed by atoms with E-state index >= 15 is 0 Å². The van der Waals surface area contributed by atoms with E-state index in [0.717, 1.165) is 25.5 Å². The van der Waals surface area contributed by atoms with Gasteiger partial charge < -0.3 is 10.1 Å². The monoisotopic (exact) mass is 290 g/mol. The number of aryl methyl sites for hydroxylation is 1. The standard InChI is InChI=1S/C18H30N2O/c1-4-8-19-17(9-15-10-18(11-15)21-5-2)12-16-7-6-14(3)13-20-16/h6-7,13,15,17-19H,4-5,8-12H2,1-3H3. The van der Waals surface area contributed by atoms with Crippen LogP contribution in [0.2, 0.25) is 0 Å². The highest BCUT2D eigenvalue weighted by molar-refractivity contribution is 5.13. The molecule has 1 aliphatic carbocycles. The van der Waals surface area contributed by atoms with E-state index in [2.05, 4.69) is 43.2 Å². The summed E-state index contributed by atoms with van der Waals surface area (Å²) in [5.74, 6) is 0.821. The lowest BCUT2D eigenvalue weighted by Gasteiger charge is -2.37. The van der Waals surface area contributed by atoms with Crippen molar-refractivity contribution in [1.29, 1.82) is 0 Å². The molecular weight excluding hydrogens is 260 g/mol. The van der Waals surface area contributed by atoms with Crippen LogP contribution in [0.3, 0.4) is 0 Å². The SMILES string of the molecule is CCCNC(Cc1ccc(C)cn1)CC1CC(OCC)C1. The normalized spacial score (nSPS) is 22.8. The Morgan fingerprint density at radius 1 is 1.33 bits per heavy atom. The second-order valence-corrected chi connectivity index (χ2v) is 6.33. The minimum atomic E-state index is 0.518. The highest BCUT2D eigenvalue weighted by atomic mass is 16.5. The molecule has 3 nitrogen and oxygen atoms in total. The average molecular weight is 290 g/mol. The van der Waals surface area contributed by atoms with Gasteiger partial charge in [-0.2, -0.15) is 0 Å². The molecule has 0 aromatic carbocycles. The zero-order valence-corrected chi connectivity index (χ0v) is 13.8. The predicted molar refractivity (Wildman–Crippen MR) is 87.5 cm³/mol. The van der Waals surface area contributed by atoms with Crippen LogP contribution in [0.4, 0.5) is 0 Å². The van der Waals surface area contributed by atoms with Crippen molar-refractivity contribution in [3.8, 4) is 0 Å². The van der Waals surface area contributed by atoms with Crippen LogP contribution in [0.1, 0.15) is 50.8 Å². The van der Waals surface area contributed by atoms with Gasteiger partial charge in [-0.15, -0.1) is 0 Å². The van der Waals surface area contributed by atoms with Crippen molar-refractivity contribution in [2.24, 2.45) is 5.92 Å². The van der Waals surface area contributed by atoms with Crippen molar-refractivity contribution in [3.63, 3.8) is 0 Å². The minimum absolute atomic E-state index is 0.518. The number of pyridine rings is 1. The molecule has 0 radical (unpaired) electrons. The van der Waals surface area contributed by atoms with Gasteiger partial charge in [0.25, 0.3) is 0 Å². The Balaban J connectivity index is 1.81. The van der Waals surface area contributed by atoms with Crippen molar-refractivity contribution in [2.75, 3.05) is 13.2 Å². The Kier molecular flexibility index (Phi) is 6.65. The molecule has 2 rings (SSSR count). The summed E-state index contributed by atoms with van der Waals surface area (Å²) in [7, 11) is 0. The molecule has 0 spiro atoms. The van der Waals surface area contributed by atoms with Gasteiger partial charge in [-0.05, 0) is 63.6 Å². The van der Waals surface area contributed by atoms with Crippen LogP contribution in [-0.2, 0) is 11.2 Å². The van der Waals surface area contributed by atoms with Crippen LogP contribution in [0.15, 0.2) is 18.3 Å². The molecule has 118 valence electrons. The van der Waals surface area contributed by atoms with Crippen LogP contribution in [0, 0.1) is 12.8 Å². The third-order valence-electron chi connectivity index (χ3n) is 4.32. The van der Waals surface area contributed by atoms with E-state index in [1.807, 2.05) is 6.20 Å². The maximum Gasteiger partial charge on any atom is 0.0580 e. The Hall–Kier alpha value is -0.930. The lowest BCUT2D eigenvalue weighted by atomic mass is 9.77. The van der Waals surface area contributed by atoms with Crippen molar-refractivity contribution >= 4 is 0 Å². The molecule has 1 heterocycles. The molecule has 1 N–H and O–H groups in total. The number of rotatable bonds is 9. The fraction of sp³-hybridized carbons (Fsp3) is 0.722. The van der Waals surface area contributed by atoms with Gasteiger partial charge in [0, 0.05) is 31.0 Å². The Morgan fingerprint density at radius 2 is 2.14 bits per heavy atom. The molecule has 1 unspecified atom stereocenters.